The molecule has 3 aliphatic rings. The number of amides is 2. The molecule has 5 rings (SSSR count). The van der Waals surface area contributed by atoms with E-state index in [9.17, 15) is 14.7 Å². The number of aliphatic hydroxyl groups excluding tert-OH is 1. The zero-order valence-corrected chi connectivity index (χ0v) is 23.1. The van der Waals surface area contributed by atoms with Crippen LogP contribution in [-0.4, -0.2) is 54.9 Å². The second-order valence-electron chi connectivity index (χ2n) is 9.71. The topological polar surface area (TPSA) is 177 Å². The molecule has 0 aromatic heterocycles. The summed E-state index contributed by atoms with van der Waals surface area (Å²) >= 11 is 0. The van der Waals surface area contributed by atoms with Gasteiger partial charge in [0.05, 0.1) is 12.1 Å². The Balaban J connectivity index is 0.000000191. The van der Waals surface area contributed by atoms with Crippen molar-refractivity contribution in [2.45, 2.75) is 76.7 Å². The molecule has 0 spiro atoms. The van der Waals surface area contributed by atoms with Crippen molar-refractivity contribution in [3.8, 4) is 23.0 Å². The van der Waals surface area contributed by atoms with Crippen molar-refractivity contribution in [2.75, 3.05) is 24.2 Å². The summed E-state index contributed by atoms with van der Waals surface area (Å²) in [7, 11) is 0. The molecule has 0 aliphatic carbocycles. The second-order valence-corrected chi connectivity index (χ2v) is 9.71. The largest absolute Gasteiger partial charge is 0.454 e. The number of carbonyl (C=O) groups is 2. The third-order valence-corrected chi connectivity index (χ3v) is 6.65. The number of nitrogens with one attached hydrogen (secondary N) is 2. The van der Waals surface area contributed by atoms with E-state index in [4.69, 9.17) is 29.2 Å². The fourth-order valence-corrected chi connectivity index (χ4v) is 4.31. The fourth-order valence-electron chi connectivity index (χ4n) is 4.31. The van der Waals surface area contributed by atoms with Crippen molar-refractivity contribution in [3.63, 3.8) is 0 Å². The van der Waals surface area contributed by atoms with Crippen LogP contribution in [0.3, 0.4) is 0 Å². The normalized spacial score (nSPS) is 18.7. The quantitative estimate of drug-likeness (QED) is 0.140. The van der Waals surface area contributed by atoms with E-state index >= 15 is 0 Å². The summed E-state index contributed by atoms with van der Waals surface area (Å²) in [6.07, 6.45) is 3.67. The van der Waals surface area contributed by atoms with E-state index in [1.54, 1.807) is 36.4 Å². The molecule has 220 valence electrons. The van der Waals surface area contributed by atoms with Gasteiger partial charge in [0.2, 0.25) is 13.6 Å². The average molecular weight is 570 g/mol. The standard InChI is InChI=1S/C14H18N4O4.C14H17NO4/c1-2-3-4-10(17-18-15)13(19)14(20)16-9-5-6-11-12(7-9)22-8-21-11;1-2-3-4-11-13(19-11)14(16)15-9-5-6-10-12(7-9)18-8-17-10/h5-7,10,13,19H,2-4,8H2,1H3,(H,16,20);5-7,11,13H,2-4,8H2,1H3,(H,15,16)/t10-,13-;11-,13+/m01/s1. The molecular weight excluding hydrogens is 534 g/mol. The molecule has 0 radical (unpaired) electrons. The molecule has 2 amide bonds. The summed E-state index contributed by atoms with van der Waals surface area (Å²) in [5, 5.41) is 19.0. The molecule has 0 unspecified atom stereocenters. The predicted molar refractivity (Wildman–Crippen MR) is 149 cm³/mol. The summed E-state index contributed by atoms with van der Waals surface area (Å²) in [5.41, 5.74) is 9.73. The summed E-state index contributed by atoms with van der Waals surface area (Å²) < 4.78 is 26.3. The Hall–Kier alpha value is -4.19. The molecule has 41 heavy (non-hydrogen) atoms. The Morgan fingerprint density at radius 1 is 0.951 bits per heavy atom. The molecule has 13 heteroatoms. The van der Waals surface area contributed by atoms with Crippen LogP contribution in [0.15, 0.2) is 41.5 Å². The first-order chi connectivity index (χ1) is 19.9. The van der Waals surface area contributed by atoms with Crippen molar-refractivity contribution < 1.29 is 38.4 Å². The van der Waals surface area contributed by atoms with E-state index in [0.29, 0.717) is 40.8 Å². The number of hydrogen-bond donors (Lipinski definition) is 3. The molecule has 4 atom stereocenters. The monoisotopic (exact) mass is 569 g/mol. The number of carbonyl (C=O) groups excluding carboxylic acids is 2. The molecule has 3 aliphatic heterocycles. The van der Waals surface area contributed by atoms with E-state index in [0.717, 1.165) is 32.1 Å². The highest BCUT2D eigenvalue weighted by Gasteiger charge is 2.44. The fraction of sp³-hybridized carbons (Fsp3) is 0.500. The van der Waals surface area contributed by atoms with Gasteiger partial charge in [-0.05, 0) is 42.6 Å². The molecular formula is C28H35N5O8. The lowest BCUT2D eigenvalue weighted by Gasteiger charge is -2.17. The molecule has 1 saturated heterocycles. The van der Waals surface area contributed by atoms with Gasteiger partial charge in [-0.25, -0.2) is 0 Å². The average Bonchev–Trinajstić information content (AvgIpc) is 3.35. The molecule has 0 saturated carbocycles. The molecule has 3 N–H and O–H groups in total. The smallest absolute Gasteiger partial charge is 0.256 e. The first-order valence-electron chi connectivity index (χ1n) is 13.7. The van der Waals surface area contributed by atoms with Gasteiger partial charge in [-0.1, -0.05) is 44.6 Å². The minimum absolute atomic E-state index is 0.0834. The Labute approximate surface area is 237 Å². The van der Waals surface area contributed by atoms with Crippen LogP contribution in [0.25, 0.3) is 10.4 Å². The lowest BCUT2D eigenvalue weighted by molar-refractivity contribution is -0.125. The van der Waals surface area contributed by atoms with E-state index < -0.39 is 18.1 Å². The SMILES string of the molecule is CCCC[C@H](N=[N+]=[N-])[C@H](O)C(=O)Nc1ccc2c(c1)OCO2.CCCC[C@H]1O[C@@H]1C(=O)Nc1ccc2c(c1)OCO2. The second kappa shape index (κ2) is 14.4. The number of ether oxygens (including phenoxy) is 5. The van der Waals surface area contributed by atoms with Crippen LogP contribution >= 0.6 is 0 Å². The Kier molecular flexibility index (Phi) is 10.5. The maximum atomic E-state index is 12.1. The van der Waals surface area contributed by atoms with Crippen LogP contribution in [0.5, 0.6) is 23.0 Å². The molecule has 0 bridgehead atoms. The van der Waals surface area contributed by atoms with Crippen molar-refractivity contribution >= 4 is 23.2 Å². The summed E-state index contributed by atoms with van der Waals surface area (Å²) in [4.78, 5) is 26.7. The van der Waals surface area contributed by atoms with Gasteiger partial charge in [0.15, 0.2) is 29.1 Å². The van der Waals surface area contributed by atoms with Gasteiger partial charge in [0.1, 0.15) is 6.10 Å². The number of epoxide rings is 1. The lowest BCUT2D eigenvalue weighted by Crippen LogP contribution is -2.36. The number of azide groups is 1. The lowest BCUT2D eigenvalue weighted by atomic mass is 10.0. The number of fused-ring (bicyclic) bond motifs is 2. The third kappa shape index (κ3) is 8.16. The van der Waals surface area contributed by atoms with Crippen LogP contribution < -0.4 is 29.6 Å². The van der Waals surface area contributed by atoms with Gasteiger partial charge >= 0.3 is 0 Å². The van der Waals surface area contributed by atoms with Gasteiger partial charge in [-0.15, -0.1) is 0 Å². The van der Waals surface area contributed by atoms with Gasteiger partial charge in [0.25, 0.3) is 11.8 Å². The number of hydrogen-bond acceptors (Lipinski definition) is 9. The van der Waals surface area contributed by atoms with Crippen molar-refractivity contribution in [1.29, 1.82) is 0 Å². The summed E-state index contributed by atoms with van der Waals surface area (Å²) in [6.45, 7) is 4.49. The highest BCUT2D eigenvalue weighted by atomic mass is 16.7. The first-order valence-corrected chi connectivity index (χ1v) is 13.7. The molecule has 1 fully saturated rings. The van der Waals surface area contributed by atoms with Crippen LogP contribution in [0.1, 0.15) is 52.4 Å². The van der Waals surface area contributed by atoms with Crippen LogP contribution in [0.2, 0.25) is 0 Å². The van der Waals surface area contributed by atoms with Gasteiger partial charge < -0.3 is 39.4 Å². The van der Waals surface area contributed by atoms with E-state index in [-0.39, 0.29) is 31.7 Å². The number of aliphatic hydroxyl groups is 1. The van der Waals surface area contributed by atoms with E-state index in [2.05, 4.69) is 27.6 Å². The van der Waals surface area contributed by atoms with Gasteiger partial charge in [0, 0.05) is 28.4 Å². The number of unbranched alkanes of at least 4 members (excludes halogenated alkanes) is 2. The van der Waals surface area contributed by atoms with E-state index in [1.165, 1.54) is 0 Å². The first kappa shape index (κ1) is 29.8. The molecule has 3 heterocycles. The summed E-state index contributed by atoms with van der Waals surface area (Å²) in [5.74, 6) is 1.81. The minimum atomic E-state index is -1.40. The van der Waals surface area contributed by atoms with E-state index in [1.807, 2.05) is 6.92 Å². The number of anilines is 2. The molecule has 13 nitrogen and oxygen atoms in total. The summed E-state index contributed by atoms with van der Waals surface area (Å²) in [6, 6.07) is 9.51. The highest BCUT2D eigenvalue weighted by Crippen LogP contribution is 2.36. The van der Waals surface area contributed by atoms with Crippen LogP contribution in [-0.2, 0) is 14.3 Å². The maximum absolute atomic E-state index is 12.1. The Morgan fingerprint density at radius 2 is 1.54 bits per heavy atom. The van der Waals surface area contributed by atoms with Gasteiger partial charge in [-0.3, -0.25) is 9.59 Å². The zero-order valence-electron chi connectivity index (χ0n) is 23.1. The maximum Gasteiger partial charge on any atom is 0.256 e. The van der Waals surface area contributed by atoms with Gasteiger partial charge in [-0.2, -0.15) is 0 Å². The molecule has 2 aromatic rings. The molecule has 2 aromatic carbocycles. The number of benzene rings is 2. The number of rotatable bonds is 12. The zero-order chi connectivity index (χ0) is 29.2. The van der Waals surface area contributed by atoms with Crippen molar-refractivity contribution in [1.82, 2.24) is 0 Å². The van der Waals surface area contributed by atoms with Crippen LogP contribution in [0.4, 0.5) is 11.4 Å². The third-order valence-electron chi connectivity index (χ3n) is 6.65. The Morgan fingerprint density at radius 3 is 2.12 bits per heavy atom. The predicted octanol–water partition coefficient (Wildman–Crippen LogP) is 4.90. The highest BCUT2D eigenvalue weighted by molar-refractivity contribution is 5.96. The van der Waals surface area contributed by atoms with Crippen molar-refractivity contribution in [2.24, 2.45) is 5.11 Å². The Bertz CT molecular complexity index is 1270. The number of nitrogens with zero attached hydrogens (tertiary/aromatic N) is 3. The van der Waals surface area contributed by atoms with Crippen molar-refractivity contribution in [3.05, 3.63) is 46.8 Å². The van der Waals surface area contributed by atoms with Crippen LogP contribution in [0, 0.1) is 0 Å². The minimum Gasteiger partial charge on any atom is -0.454 e.